The second kappa shape index (κ2) is 11.4. The van der Waals surface area contributed by atoms with Crippen LogP contribution in [0.3, 0.4) is 0 Å². The molecule has 3 fully saturated rings. The Hall–Kier alpha value is -4.35. The summed E-state index contributed by atoms with van der Waals surface area (Å²) in [5.74, 6) is 0.677. The molecule has 4 aliphatic rings. The van der Waals surface area contributed by atoms with Crippen molar-refractivity contribution in [3.63, 3.8) is 0 Å². The summed E-state index contributed by atoms with van der Waals surface area (Å²) in [5, 5.41) is 2.94. The van der Waals surface area contributed by atoms with Crippen molar-refractivity contribution in [2.45, 2.75) is 102 Å². The number of hydrogen-bond donors (Lipinski definition) is 2. The van der Waals surface area contributed by atoms with Gasteiger partial charge in [0.05, 0.1) is 12.1 Å². The van der Waals surface area contributed by atoms with Crippen LogP contribution in [0.5, 0.6) is 0 Å². The van der Waals surface area contributed by atoms with Crippen LogP contribution >= 0.6 is 0 Å². The van der Waals surface area contributed by atoms with Gasteiger partial charge >= 0.3 is 6.18 Å². The summed E-state index contributed by atoms with van der Waals surface area (Å²) >= 11 is 0. The van der Waals surface area contributed by atoms with Gasteiger partial charge in [-0.15, -0.1) is 0 Å². The summed E-state index contributed by atoms with van der Waals surface area (Å²) in [4.78, 5) is 45.7. The van der Waals surface area contributed by atoms with Crippen LogP contribution in [0, 0.1) is 19.8 Å². The minimum Gasteiger partial charge on any atom is -0.369 e. The van der Waals surface area contributed by atoms with Crippen LogP contribution < -0.4 is 16.0 Å². The number of nitrogens with two attached hydrogens (primary N) is 1. The minimum absolute atomic E-state index is 0.0195. The van der Waals surface area contributed by atoms with Crippen LogP contribution in [-0.4, -0.2) is 50.7 Å². The van der Waals surface area contributed by atoms with E-state index in [1.165, 1.54) is 24.5 Å². The Kier molecular flexibility index (Phi) is 7.63. The number of nitrogens with zero attached hydrogens (tertiary/aromatic N) is 5. The summed E-state index contributed by atoms with van der Waals surface area (Å²) in [6, 6.07) is 8.83. The van der Waals surface area contributed by atoms with Crippen molar-refractivity contribution in [3.05, 3.63) is 70.1 Å². The predicted octanol–water partition coefficient (Wildman–Crippen LogP) is 5.51. The van der Waals surface area contributed by atoms with Crippen LogP contribution in [0.25, 0.3) is 11.1 Å². The van der Waals surface area contributed by atoms with E-state index < -0.39 is 28.7 Å². The Morgan fingerprint density at radius 3 is 2.38 bits per heavy atom. The lowest BCUT2D eigenvalue weighted by atomic mass is 9.83. The third kappa shape index (κ3) is 5.94. The van der Waals surface area contributed by atoms with Crippen molar-refractivity contribution in [2.24, 2.45) is 16.6 Å². The molecular formula is C36H40F3N7O2. The van der Waals surface area contributed by atoms with E-state index in [0.717, 1.165) is 53.5 Å². The molecule has 2 saturated carbocycles. The quantitative estimate of drug-likeness (QED) is 0.329. The first-order valence-electron chi connectivity index (χ1n) is 16.7. The Bertz CT molecular complexity index is 1840. The van der Waals surface area contributed by atoms with Gasteiger partial charge in [-0.3, -0.25) is 14.6 Å². The molecule has 3 N–H and O–H groups in total. The van der Waals surface area contributed by atoms with Crippen molar-refractivity contribution >= 4 is 23.3 Å². The number of primary amides is 1. The van der Waals surface area contributed by atoms with E-state index in [9.17, 15) is 22.8 Å². The number of carbonyl (C=O) groups is 2. The third-order valence-corrected chi connectivity index (χ3v) is 10.5. The largest absolute Gasteiger partial charge is 0.433 e. The van der Waals surface area contributed by atoms with Crippen molar-refractivity contribution in [1.29, 1.82) is 0 Å². The fraction of sp³-hybridized carbons (Fsp3) is 0.500. The molecule has 0 radical (unpaired) electrons. The van der Waals surface area contributed by atoms with Gasteiger partial charge in [0.15, 0.2) is 0 Å². The summed E-state index contributed by atoms with van der Waals surface area (Å²) < 4.78 is 40.8. The van der Waals surface area contributed by atoms with Crippen LogP contribution in [0.1, 0.15) is 92.1 Å². The SMILES string of the molecule is Cc1nc(CC(N)=O)nc(C)c1-c1ccc(CC2CC2)c(N2CC[C@]3(C[C@@H]2C)N=C(c2ccc(C(F)(F)F)nc2C2(C)CC2)NC3=O)c1. The zero-order valence-electron chi connectivity index (χ0n) is 27.7. The number of amidine groups is 1. The van der Waals surface area contributed by atoms with E-state index in [2.05, 4.69) is 50.3 Å². The van der Waals surface area contributed by atoms with E-state index in [1.807, 2.05) is 20.8 Å². The molecular weight excluding hydrogens is 619 g/mol. The van der Waals surface area contributed by atoms with Gasteiger partial charge in [-0.2, -0.15) is 13.2 Å². The lowest BCUT2D eigenvalue weighted by Crippen LogP contribution is -2.53. The van der Waals surface area contributed by atoms with Gasteiger partial charge in [0.25, 0.3) is 5.91 Å². The predicted molar refractivity (Wildman–Crippen MR) is 176 cm³/mol. The molecule has 1 spiro atoms. The number of piperidine rings is 1. The normalized spacial score (nSPS) is 23.3. The maximum Gasteiger partial charge on any atom is 0.433 e. The maximum absolute atomic E-state index is 13.7. The van der Waals surface area contributed by atoms with Gasteiger partial charge in [-0.05, 0) is 94.5 Å². The lowest BCUT2D eigenvalue weighted by molar-refractivity contribution is -0.141. The number of aryl methyl sites for hydroxylation is 2. The number of amides is 2. The smallest absolute Gasteiger partial charge is 0.369 e. The lowest BCUT2D eigenvalue weighted by Gasteiger charge is -2.43. The molecule has 2 atom stereocenters. The van der Waals surface area contributed by atoms with Gasteiger partial charge in [0, 0.05) is 52.6 Å². The van der Waals surface area contributed by atoms with Gasteiger partial charge in [-0.1, -0.05) is 19.1 Å². The number of alkyl halides is 3. The molecule has 2 aromatic heterocycles. The number of halogens is 3. The number of hydrogen-bond acceptors (Lipinski definition) is 7. The first-order valence-corrected chi connectivity index (χ1v) is 16.7. The van der Waals surface area contributed by atoms with Gasteiger partial charge < -0.3 is 16.0 Å². The maximum atomic E-state index is 13.7. The van der Waals surface area contributed by atoms with Crippen LogP contribution in [-0.2, 0) is 34.0 Å². The first-order chi connectivity index (χ1) is 22.7. The number of anilines is 1. The molecule has 7 rings (SSSR count). The average Bonchev–Trinajstić information content (AvgIpc) is 3.94. The fourth-order valence-electron chi connectivity index (χ4n) is 7.46. The summed E-state index contributed by atoms with van der Waals surface area (Å²) in [6.45, 7) is 8.41. The highest BCUT2D eigenvalue weighted by molar-refractivity contribution is 6.16. The Morgan fingerprint density at radius 2 is 1.77 bits per heavy atom. The van der Waals surface area contributed by atoms with Gasteiger partial charge in [0.1, 0.15) is 22.9 Å². The second-order valence-electron chi connectivity index (χ2n) is 14.4. The number of aliphatic imine (C=N–C) groups is 1. The van der Waals surface area contributed by atoms with E-state index in [0.29, 0.717) is 48.2 Å². The number of benzene rings is 1. The molecule has 2 aliphatic heterocycles. The van der Waals surface area contributed by atoms with Crippen LogP contribution in [0.4, 0.5) is 18.9 Å². The molecule has 252 valence electrons. The van der Waals surface area contributed by atoms with E-state index >= 15 is 0 Å². The zero-order chi connectivity index (χ0) is 34.2. The fourth-order valence-corrected chi connectivity index (χ4v) is 7.46. The van der Waals surface area contributed by atoms with E-state index in [1.54, 1.807) is 0 Å². The highest BCUT2D eigenvalue weighted by atomic mass is 19.4. The molecule has 1 saturated heterocycles. The molecule has 2 amide bonds. The van der Waals surface area contributed by atoms with E-state index in [4.69, 9.17) is 10.7 Å². The van der Waals surface area contributed by atoms with Crippen molar-refractivity contribution in [1.82, 2.24) is 20.3 Å². The zero-order valence-corrected chi connectivity index (χ0v) is 27.7. The summed E-state index contributed by atoms with van der Waals surface area (Å²) in [5.41, 5.74) is 9.59. The Morgan fingerprint density at radius 1 is 1.06 bits per heavy atom. The summed E-state index contributed by atoms with van der Waals surface area (Å²) in [7, 11) is 0. The second-order valence-corrected chi connectivity index (χ2v) is 14.4. The average molecular weight is 660 g/mol. The molecule has 4 heterocycles. The molecule has 0 bridgehead atoms. The van der Waals surface area contributed by atoms with E-state index in [-0.39, 0.29) is 18.4 Å². The minimum atomic E-state index is -4.56. The Balaban J connectivity index is 1.20. The molecule has 0 unspecified atom stereocenters. The molecule has 1 aromatic carbocycles. The van der Waals surface area contributed by atoms with Gasteiger partial charge in [-0.25, -0.2) is 15.0 Å². The third-order valence-electron chi connectivity index (χ3n) is 10.5. The monoisotopic (exact) mass is 659 g/mol. The molecule has 12 heteroatoms. The number of nitrogens with one attached hydrogen (secondary N) is 1. The number of rotatable bonds is 8. The van der Waals surface area contributed by atoms with Crippen molar-refractivity contribution < 1.29 is 22.8 Å². The molecule has 48 heavy (non-hydrogen) atoms. The number of aromatic nitrogens is 3. The summed E-state index contributed by atoms with van der Waals surface area (Å²) in [6.07, 6.45) is 1.21. The van der Waals surface area contributed by atoms with Crippen LogP contribution in [0.2, 0.25) is 0 Å². The van der Waals surface area contributed by atoms with Crippen molar-refractivity contribution in [3.8, 4) is 11.1 Å². The topological polar surface area (TPSA) is 126 Å². The standard InChI is InChI=1S/C36H40F3N7O2/c1-19-18-35(33(48)44-32(45-35)25-9-10-27(36(37,38)39)43-31(25)34(4)11-12-34)13-14-46(19)26-16-24(8-7-23(26)15-22-5-6-22)30-20(2)41-29(17-28(40)47)42-21(30)3/h7-10,16,19,22H,5-6,11-15,17-18H2,1-4H3,(H2,40,47)(H,44,45,48)/t19-,35+/m0/s1. The van der Waals surface area contributed by atoms with Crippen LogP contribution in [0.15, 0.2) is 35.3 Å². The van der Waals surface area contributed by atoms with Crippen molar-refractivity contribution in [2.75, 3.05) is 11.4 Å². The van der Waals surface area contributed by atoms with Gasteiger partial charge in [0.2, 0.25) is 5.91 Å². The molecule has 2 aliphatic carbocycles. The molecule has 9 nitrogen and oxygen atoms in total. The highest BCUT2D eigenvalue weighted by Crippen LogP contribution is 2.49. The Labute approximate surface area is 277 Å². The number of pyridine rings is 1. The first kappa shape index (κ1) is 32.2. The highest BCUT2D eigenvalue weighted by Gasteiger charge is 2.51. The molecule has 3 aromatic rings. The number of carbonyl (C=O) groups excluding carboxylic acids is 2.